The van der Waals surface area contributed by atoms with Gasteiger partial charge in [0.25, 0.3) is 0 Å². The molecule has 0 rings (SSSR count). The third kappa shape index (κ3) is 6.77. The second-order valence-electron chi connectivity index (χ2n) is 2.25. The highest BCUT2D eigenvalue weighted by Gasteiger charge is 1.91. The molecule has 0 radical (unpaired) electrons. The van der Waals surface area contributed by atoms with Gasteiger partial charge in [0.15, 0.2) is 0 Å². The summed E-state index contributed by atoms with van der Waals surface area (Å²) in [6.45, 7) is 1.52. The van der Waals surface area contributed by atoms with Crippen LogP contribution in [-0.2, 0) is 9.59 Å². The Morgan fingerprint density at radius 1 is 1.27 bits per heavy atom. The van der Waals surface area contributed by atoms with Crippen molar-refractivity contribution >= 4 is 11.7 Å². The van der Waals surface area contributed by atoms with Gasteiger partial charge in [-0.15, -0.1) is 0 Å². The van der Waals surface area contributed by atoms with Crippen molar-refractivity contribution in [3.05, 3.63) is 12.2 Å². The summed E-state index contributed by atoms with van der Waals surface area (Å²) < 4.78 is 0. The first-order valence-corrected chi connectivity index (χ1v) is 3.52. The molecule has 1 amide bonds. The van der Waals surface area contributed by atoms with E-state index < -0.39 is 0 Å². The molecule has 0 bridgehead atoms. The van der Waals surface area contributed by atoms with Crippen molar-refractivity contribution in [1.29, 1.82) is 0 Å². The largest absolute Gasteiger partial charge is 0.359 e. The summed E-state index contributed by atoms with van der Waals surface area (Å²) in [7, 11) is 1.58. The van der Waals surface area contributed by atoms with E-state index in [9.17, 15) is 9.59 Å². The molecule has 0 aliphatic carbocycles. The van der Waals surface area contributed by atoms with Gasteiger partial charge in [0.1, 0.15) is 5.78 Å². The molecule has 3 nitrogen and oxygen atoms in total. The van der Waals surface area contributed by atoms with E-state index in [-0.39, 0.29) is 11.7 Å². The van der Waals surface area contributed by atoms with Gasteiger partial charge in [0.2, 0.25) is 5.91 Å². The van der Waals surface area contributed by atoms with E-state index >= 15 is 0 Å². The predicted octanol–water partition coefficient (Wildman–Crippen LogP) is 0.658. The van der Waals surface area contributed by atoms with Crippen molar-refractivity contribution < 1.29 is 9.59 Å². The van der Waals surface area contributed by atoms with Crippen molar-refractivity contribution in [2.75, 3.05) is 7.05 Å². The Labute approximate surface area is 66.5 Å². The lowest BCUT2D eigenvalue weighted by molar-refractivity contribution is -0.120. The lowest BCUT2D eigenvalue weighted by Gasteiger charge is -1.91. The van der Waals surface area contributed by atoms with E-state index in [4.69, 9.17) is 0 Å². The fourth-order valence-corrected chi connectivity index (χ4v) is 0.542. The van der Waals surface area contributed by atoms with E-state index in [1.54, 1.807) is 19.2 Å². The minimum Gasteiger partial charge on any atom is -0.359 e. The van der Waals surface area contributed by atoms with Gasteiger partial charge < -0.3 is 5.32 Å². The number of nitrogens with one attached hydrogen (secondary N) is 1. The molecule has 0 unspecified atom stereocenters. The molecule has 0 aliphatic rings. The second-order valence-corrected chi connectivity index (χ2v) is 2.25. The maximum atomic E-state index is 10.6. The van der Waals surface area contributed by atoms with Crippen LogP contribution >= 0.6 is 0 Å². The van der Waals surface area contributed by atoms with E-state index in [1.807, 2.05) is 0 Å². The number of ketones is 1. The predicted molar refractivity (Wildman–Crippen MR) is 43.1 cm³/mol. The highest BCUT2D eigenvalue weighted by Crippen LogP contribution is 1.87. The first kappa shape index (κ1) is 9.88. The van der Waals surface area contributed by atoms with Gasteiger partial charge in [0, 0.05) is 19.9 Å². The van der Waals surface area contributed by atoms with Crippen LogP contribution in [-0.4, -0.2) is 18.7 Å². The van der Waals surface area contributed by atoms with E-state index in [0.29, 0.717) is 12.8 Å². The van der Waals surface area contributed by atoms with Crippen LogP contribution in [0.1, 0.15) is 19.8 Å². The maximum absolute atomic E-state index is 10.6. The maximum Gasteiger partial charge on any atom is 0.223 e. The van der Waals surface area contributed by atoms with E-state index in [0.717, 1.165) is 0 Å². The Morgan fingerprint density at radius 3 is 2.27 bits per heavy atom. The summed E-state index contributed by atoms with van der Waals surface area (Å²) in [5.41, 5.74) is 0. The van der Waals surface area contributed by atoms with Crippen LogP contribution in [0.25, 0.3) is 0 Å². The van der Waals surface area contributed by atoms with Crippen LogP contribution in [0, 0.1) is 0 Å². The molecule has 0 aromatic carbocycles. The third-order valence-corrected chi connectivity index (χ3v) is 1.15. The van der Waals surface area contributed by atoms with Gasteiger partial charge in [-0.05, 0) is 6.92 Å². The molecule has 62 valence electrons. The molecule has 0 aromatic rings. The summed E-state index contributed by atoms with van der Waals surface area (Å²) >= 11 is 0. The molecule has 0 aromatic heterocycles. The summed E-state index contributed by atoms with van der Waals surface area (Å²) in [5, 5.41) is 2.48. The van der Waals surface area contributed by atoms with Crippen LogP contribution in [0.4, 0.5) is 0 Å². The standard InChI is InChI=1S/C8H13NO2/c1-7(10)5-3-4-6-8(11)9-2/h3-4H,5-6H2,1-2H3,(H,9,11)/b4-3+. The molecule has 0 saturated heterocycles. The zero-order chi connectivity index (χ0) is 8.69. The van der Waals surface area contributed by atoms with Crippen LogP contribution in [0.15, 0.2) is 12.2 Å². The number of rotatable bonds is 4. The lowest BCUT2D eigenvalue weighted by Crippen LogP contribution is -2.15. The summed E-state index contributed by atoms with van der Waals surface area (Å²) in [6.07, 6.45) is 4.17. The highest BCUT2D eigenvalue weighted by atomic mass is 16.1. The number of amides is 1. The molecular weight excluding hydrogens is 142 g/mol. The number of carbonyl (C=O) groups excluding carboxylic acids is 2. The Balaban J connectivity index is 3.44. The third-order valence-electron chi connectivity index (χ3n) is 1.15. The van der Waals surface area contributed by atoms with Crippen LogP contribution in [0.3, 0.4) is 0 Å². The Bertz CT molecular complexity index is 173. The molecular formula is C8H13NO2. The summed E-state index contributed by atoms with van der Waals surface area (Å²) in [4.78, 5) is 21.0. The Kier molecular flexibility index (Phi) is 5.07. The van der Waals surface area contributed by atoms with Crippen LogP contribution < -0.4 is 5.32 Å². The molecule has 0 spiro atoms. The van der Waals surface area contributed by atoms with Crippen molar-refractivity contribution in [2.24, 2.45) is 0 Å². The quantitative estimate of drug-likeness (QED) is 0.606. The van der Waals surface area contributed by atoms with Gasteiger partial charge in [-0.1, -0.05) is 12.2 Å². The monoisotopic (exact) mass is 155 g/mol. The number of allylic oxidation sites excluding steroid dienone is 1. The molecule has 0 aliphatic heterocycles. The molecule has 3 heteroatoms. The van der Waals surface area contributed by atoms with Crippen molar-refractivity contribution in [2.45, 2.75) is 19.8 Å². The fraction of sp³-hybridized carbons (Fsp3) is 0.500. The molecule has 0 fully saturated rings. The fourth-order valence-electron chi connectivity index (χ4n) is 0.542. The van der Waals surface area contributed by atoms with Crippen molar-refractivity contribution in [3.8, 4) is 0 Å². The molecule has 1 N–H and O–H groups in total. The van der Waals surface area contributed by atoms with Crippen LogP contribution in [0.2, 0.25) is 0 Å². The number of hydrogen-bond donors (Lipinski definition) is 1. The zero-order valence-corrected chi connectivity index (χ0v) is 6.89. The Morgan fingerprint density at radius 2 is 1.82 bits per heavy atom. The second kappa shape index (κ2) is 5.65. The van der Waals surface area contributed by atoms with Gasteiger partial charge in [-0.2, -0.15) is 0 Å². The average Bonchev–Trinajstić information content (AvgIpc) is 1.97. The Hall–Kier alpha value is -1.12. The highest BCUT2D eigenvalue weighted by molar-refractivity contribution is 5.78. The lowest BCUT2D eigenvalue weighted by atomic mass is 10.2. The van der Waals surface area contributed by atoms with Gasteiger partial charge in [0.05, 0.1) is 0 Å². The first-order chi connectivity index (χ1) is 5.16. The molecule has 0 heterocycles. The summed E-state index contributed by atoms with van der Waals surface area (Å²) in [6, 6.07) is 0. The number of Topliss-reactive ketones (excluding diaryl/α,β-unsaturated/α-hetero) is 1. The van der Waals surface area contributed by atoms with E-state index in [2.05, 4.69) is 5.32 Å². The van der Waals surface area contributed by atoms with Gasteiger partial charge in [-0.25, -0.2) is 0 Å². The zero-order valence-electron chi connectivity index (χ0n) is 6.89. The van der Waals surface area contributed by atoms with Gasteiger partial charge >= 0.3 is 0 Å². The SMILES string of the molecule is CNC(=O)C/C=C/CC(C)=O. The summed E-state index contributed by atoms with van der Waals surface area (Å²) in [5.74, 6) is 0.0722. The molecule has 0 saturated carbocycles. The number of hydrogen-bond acceptors (Lipinski definition) is 2. The average molecular weight is 155 g/mol. The van der Waals surface area contributed by atoms with Gasteiger partial charge in [-0.3, -0.25) is 9.59 Å². The molecule has 11 heavy (non-hydrogen) atoms. The normalized spacial score (nSPS) is 10.0. The molecule has 0 atom stereocenters. The topological polar surface area (TPSA) is 46.2 Å². The smallest absolute Gasteiger partial charge is 0.223 e. The minimum atomic E-state index is -0.0372. The van der Waals surface area contributed by atoms with Crippen molar-refractivity contribution in [1.82, 2.24) is 5.32 Å². The first-order valence-electron chi connectivity index (χ1n) is 3.52. The minimum absolute atomic E-state index is 0.0372. The van der Waals surface area contributed by atoms with Crippen LogP contribution in [0.5, 0.6) is 0 Å². The van der Waals surface area contributed by atoms with Crippen molar-refractivity contribution in [3.63, 3.8) is 0 Å². The number of carbonyl (C=O) groups is 2. The van der Waals surface area contributed by atoms with E-state index in [1.165, 1.54) is 6.92 Å².